The van der Waals surface area contributed by atoms with E-state index in [1.165, 1.54) is 33.8 Å². The van der Waals surface area contributed by atoms with Crippen molar-refractivity contribution in [2.75, 3.05) is 4.90 Å². The highest BCUT2D eigenvalue weighted by Gasteiger charge is 2.13. The van der Waals surface area contributed by atoms with Crippen LogP contribution in [0.4, 0.5) is 11.4 Å². The van der Waals surface area contributed by atoms with E-state index in [1.807, 2.05) is 0 Å². The summed E-state index contributed by atoms with van der Waals surface area (Å²) in [4.78, 5) is 2.35. The Morgan fingerprint density at radius 2 is 1.50 bits per heavy atom. The summed E-state index contributed by atoms with van der Waals surface area (Å²) in [6.07, 6.45) is 8.80. The molecule has 24 heavy (non-hydrogen) atoms. The van der Waals surface area contributed by atoms with E-state index < -0.39 is 0 Å². The highest BCUT2D eigenvalue weighted by atomic mass is 15.1. The highest BCUT2D eigenvalue weighted by Crippen LogP contribution is 2.32. The molecule has 0 N–H and O–H groups in total. The van der Waals surface area contributed by atoms with Gasteiger partial charge in [0.05, 0.1) is 0 Å². The topological polar surface area (TPSA) is 3.24 Å². The van der Waals surface area contributed by atoms with Gasteiger partial charge < -0.3 is 4.90 Å². The number of hydrogen-bond acceptors (Lipinski definition) is 1. The Labute approximate surface area is 147 Å². The van der Waals surface area contributed by atoms with E-state index >= 15 is 0 Å². The van der Waals surface area contributed by atoms with Crippen LogP contribution in [-0.2, 0) is 0 Å². The Bertz CT molecular complexity index is 720. The van der Waals surface area contributed by atoms with Crippen LogP contribution < -0.4 is 4.90 Å². The van der Waals surface area contributed by atoms with E-state index in [4.69, 9.17) is 0 Å². The van der Waals surface area contributed by atoms with Crippen molar-refractivity contribution in [2.45, 2.75) is 47.5 Å². The van der Waals surface area contributed by atoms with Crippen molar-refractivity contribution in [1.82, 2.24) is 0 Å². The summed E-state index contributed by atoms with van der Waals surface area (Å²) in [5.74, 6) is 0. The van der Waals surface area contributed by atoms with E-state index in [0.717, 1.165) is 12.8 Å². The minimum Gasteiger partial charge on any atom is -0.311 e. The molecule has 0 bridgehead atoms. The van der Waals surface area contributed by atoms with Gasteiger partial charge in [-0.15, -0.1) is 0 Å². The van der Waals surface area contributed by atoms with Gasteiger partial charge in [-0.05, 0) is 75.1 Å². The average Bonchev–Trinajstić information content (AvgIpc) is 2.57. The third-order valence-electron chi connectivity index (χ3n) is 4.24. The SMILES string of the molecule is CC/C=C\C(=C/CC)N(c1ccc(C)cc1)c1ccc(C)c(C)c1. The van der Waals surface area contributed by atoms with Crippen LogP contribution in [0.15, 0.2) is 66.4 Å². The molecule has 0 radical (unpaired) electrons. The molecular weight excluding hydrogens is 290 g/mol. The van der Waals surface area contributed by atoms with Crippen LogP contribution in [0.3, 0.4) is 0 Å². The fourth-order valence-electron chi connectivity index (χ4n) is 2.69. The molecule has 126 valence electrons. The Hall–Kier alpha value is -2.28. The molecule has 0 aromatic heterocycles. The second-order valence-electron chi connectivity index (χ2n) is 6.29. The van der Waals surface area contributed by atoms with Gasteiger partial charge in [-0.25, -0.2) is 0 Å². The maximum absolute atomic E-state index is 2.35. The molecule has 0 saturated carbocycles. The summed E-state index contributed by atoms with van der Waals surface area (Å²) in [7, 11) is 0. The van der Waals surface area contributed by atoms with Crippen LogP contribution in [0.5, 0.6) is 0 Å². The molecule has 0 saturated heterocycles. The zero-order valence-electron chi connectivity index (χ0n) is 15.6. The molecule has 2 rings (SSSR count). The van der Waals surface area contributed by atoms with Crippen LogP contribution in [0.2, 0.25) is 0 Å². The Morgan fingerprint density at radius 1 is 0.833 bits per heavy atom. The predicted molar refractivity (Wildman–Crippen MR) is 107 cm³/mol. The van der Waals surface area contributed by atoms with Crippen molar-refractivity contribution in [3.05, 3.63) is 83.1 Å². The van der Waals surface area contributed by atoms with Crippen molar-refractivity contribution < 1.29 is 0 Å². The lowest BCUT2D eigenvalue weighted by atomic mass is 10.1. The molecule has 0 amide bonds. The van der Waals surface area contributed by atoms with Gasteiger partial charge in [-0.1, -0.05) is 49.8 Å². The molecule has 0 fully saturated rings. The first kappa shape index (κ1) is 18.1. The molecule has 0 heterocycles. The van der Waals surface area contributed by atoms with Crippen LogP contribution in [0, 0.1) is 20.8 Å². The first-order valence-electron chi connectivity index (χ1n) is 8.87. The van der Waals surface area contributed by atoms with Crippen LogP contribution >= 0.6 is 0 Å². The zero-order valence-corrected chi connectivity index (χ0v) is 15.6. The lowest BCUT2D eigenvalue weighted by Crippen LogP contribution is -2.15. The fraction of sp³-hybridized carbons (Fsp3) is 0.304. The zero-order chi connectivity index (χ0) is 17.5. The molecule has 1 nitrogen and oxygen atoms in total. The lowest BCUT2D eigenvalue weighted by molar-refractivity contribution is 1.12. The van der Waals surface area contributed by atoms with E-state index in [1.54, 1.807) is 0 Å². The van der Waals surface area contributed by atoms with E-state index in [0.29, 0.717) is 0 Å². The van der Waals surface area contributed by atoms with Gasteiger partial charge in [0, 0.05) is 17.1 Å². The number of hydrogen-bond donors (Lipinski definition) is 0. The number of anilines is 2. The van der Waals surface area contributed by atoms with E-state index in [9.17, 15) is 0 Å². The molecule has 0 aliphatic heterocycles. The standard InChI is InChI=1S/C23H29N/c1-6-8-10-21(9-7-2)24(22-14-11-18(3)12-15-22)23-16-13-19(4)20(5)17-23/h8-17H,6-7H2,1-5H3/b10-8-,21-9+. The minimum absolute atomic E-state index is 1.01. The first-order chi connectivity index (χ1) is 11.6. The number of allylic oxidation sites excluding steroid dienone is 3. The number of benzene rings is 2. The summed E-state index contributed by atoms with van der Waals surface area (Å²) in [5, 5.41) is 0. The molecule has 0 atom stereocenters. The van der Waals surface area contributed by atoms with Crippen molar-refractivity contribution in [2.24, 2.45) is 0 Å². The maximum Gasteiger partial charge on any atom is 0.0464 e. The van der Waals surface area contributed by atoms with E-state index in [-0.39, 0.29) is 0 Å². The summed E-state index contributed by atoms with van der Waals surface area (Å²) in [6.45, 7) is 10.8. The molecular formula is C23H29N. The molecule has 0 aliphatic rings. The summed E-state index contributed by atoms with van der Waals surface area (Å²) in [5.41, 5.74) is 7.56. The van der Waals surface area contributed by atoms with Gasteiger partial charge in [0.15, 0.2) is 0 Å². The van der Waals surface area contributed by atoms with Gasteiger partial charge in [0.2, 0.25) is 0 Å². The van der Waals surface area contributed by atoms with Gasteiger partial charge >= 0.3 is 0 Å². The molecule has 2 aromatic rings. The van der Waals surface area contributed by atoms with Gasteiger partial charge in [0.1, 0.15) is 0 Å². The normalized spacial score (nSPS) is 12.0. The summed E-state index contributed by atoms with van der Waals surface area (Å²) < 4.78 is 0. The minimum atomic E-state index is 1.01. The first-order valence-corrected chi connectivity index (χ1v) is 8.87. The van der Waals surface area contributed by atoms with Crippen molar-refractivity contribution >= 4 is 11.4 Å². The lowest BCUT2D eigenvalue weighted by Gasteiger charge is -2.27. The van der Waals surface area contributed by atoms with Crippen LogP contribution in [0.25, 0.3) is 0 Å². The monoisotopic (exact) mass is 319 g/mol. The third kappa shape index (κ3) is 4.38. The van der Waals surface area contributed by atoms with Gasteiger partial charge in [-0.3, -0.25) is 0 Å². The van der Waals surface area contributed by atoms with Crippen molar-refractivity contribution in [1.29, 1.82) is 0 Å². The second kappa shape index (κ2) is 8.54. The van der Waals surface area contributed by atoms with Crippen LogP contribution in [0.1, 0.15) is 43.4 Å². The third-order valence-corrected chi connectivity index (χ3v) is 4.24. The quantitative estimate of drug-likeness (QED) is 0.517. The van der Waals surface area contributed by atoms with Gasteiger partial charge in [0.25, 0.3) is 0 Å². The summed E-state index contributed by atoms with van der Waals surface area (Å²) >= 11 is 0. The maximum atomic E-state index is 2.35. The Kier molecular flexibility index (Phi) is 6.43. The average molecular weight is 319 g/mol. The predicted octanol–water partition coefficient (Wildman–Crippen LogP) is 7.01. The van der Waals surface area contributed by atoms with E-state index in [2.05, 4.69) is 100 Å². The van der Waals surface area contributed by atoms with Crippen molar-refractivity contribution in [3.8, 4) is 0 Å². The Morgan fingerprint density at radius 3 is 2.08 bits per heavy atom. The Balaban J connectivity index is 2.59. The molecule has 0 unspecified atom stereocenters. The number of rotatable bonds is 6. The van der Waals surface area contributed by atoms with Crippen LogP contribution in [-0.4, -0.2) is 0 Å². The highest BCUT2D eigenvalue weighted by molar-refractivity contribution is 5.71. The summed E-state index contributed by atoms with van der Waals surface area (Å²) in [6, 6.07) is 15.5. The molecule has 1 heteroatoms. The smallest absolute Gasteiger partial charge is 0.0464 e. The molecule has 0 spiro atoms. The van der Waals surface area contributed by atoms with Gasteiger partial charge in [-0.2, -0.15) is 0 Å². The fourth-order valence-corrected chi connectivity index (χ4v) is 2.69. The molecule has 2 aromatic carbocycles. The number of nitrogens with zero attached hydrogens (tertiary/aromatic N) is 1. The number of aryl methyl sites for hydroxylation is 3. The molecule has 0 aliphatic carbocycles. The van der Waals surface area contributed by atoms with Crippen molar-refractivity contribution in [3.63, 3.8) is 0 Å². The largest absolute Gasteiger partial charge is 0.311 e. The second-order valence-corrected chi connectivity index (χ2v) is 6.29.